The summed E-state index contributed by atoms with van der Waals surface area (Å²) in [5.41, 5.74) is 4.42. The lowest BCUT2D eigenvalue weighted by atomic mass is 10.0. The summed E-state index contributed by atoms with van der Waals surface area (Å²) in [7, 11) is -5.35. The molecule has 1 aliphatic heterocycles. The zero-order valence-corrected chi connectivity index (χ0v) is 12.3. The number of rotatable bonds is 6. The largest absolute Gasteiger partial charge is 0.330 e. The lowest BCUT2D eigenvalue weighted by Gasteiger charge is -2.27. The third-order valence-corrected chi connectivity index (χ3v) is 6.62. The van der Waals surface area contributed by atoms with Crippen LogP contribution in [0.25, 0.3) is 0 Å². The van der Waals surface area contributed by atoms with Crippen LogP contribution < -0.4 is 10.5 Å². The molecule has 1 rings (SSSR count). The minimum Gasteiger partial charge on any atom is -0.330 e. The van der Waals surface area contributed by atoms with Gasteiger partial charge in [-0.05, 0) is 26.3 Å². The van der Waals surface area contributed by atoms with Gasteiger partial charge in [0.2, 0.25) is 0 Å². The van der Waals surface area contributed by atoms with Gasteiger partial charge in [-0.1, -0.05) is 0 Å². The second-order valence-electron chi connectivity index (χ2n) is 4.97. The number of nitrogens with one attached hydrogen (secondary N) is 1. The Morgan fingerprint density at radius 3 is 2.50 bits per heavy atom. The fourth-order valence-electron chi connectivity index (χ4n) is 1.91. The Labute approximate surface area is 109 Å². The maximum atomic E-state index is 12.0. The van der Waals surface area contributed by atoms with Crippen LogP contribution >= 0.6 is 0 Å². The van der Waals surface area contributed by atoms with Crippen LogP contribution in [0, 0.1) is 0 Å². The summed E-state index contributed by atoms with van der Waals surface area (Å²) in [6.07, 6.45) is 0.867. The maximum absolute atomic E-state index is 12.0. The number of nitrogens with two attached hydrogens (primary N) is 1. The topological polar surface area (TPSA) is 110 Å². The van der Waals surface area contributed by atoms with Crippen molar-refractivity contribution in [2.24, 2.45) is 5.73 Å². The highest BCUT2D eigenvalue weighted by Crippen LogP contribution is 2.24. The predicted molar refractivity (Wildman–Crippen MR) is 70.0 cm³/mol. The summed E-state index contributed by atoms with van der Waals surface area (Å²) in [6.45, 7) is 2.34. The molecule has 1 aliphatic rings. The average molecular weight is 299 g/mol. The van der Waals surface area contributed by atoms with Crippen LogP contribution in [0.4, 0.5) is 0 Å². The van der Waals surface area contributed by atoms with E-state index >= 15 is 0 Å². The third kappa shape index (κ3) is 4.16. The standard InChI is InChI=1S/C9H21N3O4S2/c1-9(4-7-17(13,14)8-9)11-18(15,16)12(2)6-3-5-10/h11H,3-8,10H2,1-2H3. The molecule has 0 saturated carbocycles. The van der Waals surface area contributed by atoms with Crippen LogP contribution in [-0.2, 0) is 20.0 Å². The van der Waals surface area contributed by atoms with Gasteiger partial charge in [-0.15, -0.1) is 0 Å². The normalized spacial score (nSPS) is 27.8. The summed E-state index contributed by atoms with van der Waals surface area (Å²) in [6, 6.07) is 0. The van der Waals surface area contributed by atoms with Crippen molar-refractivity contribution in [2.45, 2.75) is 25.3 Å². The monoisotopic (exact) mass is 299 g/mol. The van der Waals surface area contributed by atoms with Crippen molar-refractivity contribution >= 4 is 20.0 Å². The second-order valence-corrected chi connectivity index (χ2v) is 8.94. The molecule has 0 aromatic rings. The van der Waals surface area contributed by atoms with Gasteiger partial charge >= 0.3 is 0 Å². The molecule has 0 bridgehead atoms. The number of sulfone groups is 1. The van der Waals surface area contributed by atoms with Gasteiger partial charge in [0.05, 0.1) is 11.5 Å². The van der Waals surface area contributed by atoms with Crippen LogP contribution in [0.15, 0.2) is 0 Å². The smallest absolute Gasteiger partial charge is 0.279 e. The van der Waals surface area contributed by atoms with Crippen molar-refractivity contribution in [1.29, 1.82) is 0 Å². The lowest BCUT2D eigenvalue weighted by molar-refractivity contribution is 0.409. The first kappa shape index (κ1) is 15.8. The molecule has 0 spiro atoms. The number of hydrogen-bond acceptors (Lipinski definition) is 5. The second kappa shape index (κ2) is 5.41. The van der Waals surface area contributed by atoms with Crippen molar-refractivity contribution in [3.8, 4) is 0 Å². The van der Waals surface area contributed by atoms with Crippen LogP contribution in [-0.4, -0.2) is 58.3 Å². The quantitative estimate of drug-likeness (QED) is 0.632. The van der Waals surface area contributed by atoms with Gasteiger partial charge in [-0.25, -0.2) is 8.42 Å². The van der Waals surface area contributed by atoms with Gasteiger partial charge in [0, 0.05) is 19.1 Å². The number of nitrogens with zero attached hydrogens (tertiary/aromatic N) is 1. The SMILES string of the molecule is CN(CCCN)S(=O)(=O)NC1(C)CCS(=O)(=O)C1. The first-order valence-electron chi connectivity index (χ1n) is 5.76. The molecule has 0 aromatic heterocycles. The Hall–Kier alpha value is -0.220. The fourth-order valence-corrected chi connectivity index (χ4v) is 5.42. The van der Waals surface area contributed by atoms with Crippen LogP contribution in [0.3, 0.4) is 0 Å². The van der Waals surface area contributed by atoms with Gasteiger partial charge in [0.15, 0.2) is 9.84 Å². The Balaban J connectivity index is 2.72. The Kier molecular flexibility index (Phi) is 4.76. The van der Waals surface area contributed by atoms with Crippen LogP contribution in [0.5, 0.6) is 0 Å². The number of hydrogen-bond donors (Lipinski definition) is 2. The molecule has 0 amide bonds. The first-order valence-corrected chi connectivity index (χ1v) is 9.02. The van der Waals surface area contributed by atoms with E-state index in [9.17, 15) is 16.8 Å². The molecule has 9 heteroatoms. The molecule has 1 heterocycles. The molecular formula is C9H21N3O4S2. The van der Waals surface area contributed by atoms with E-state index in [4.69, 9.17) is 5.73 Å². The van der Waals surface area contributed by atoms with E-state index in [-0.39, 0.29) is 11.5 Å². The molecule has 108 valence electrons. The van der Waals surface area contributed by atoms with Gasteiger partial charge in [0.25, 0.3) is 10.2 Å². The molecule has 1 atom stereocenters. The van der Waals surface area contributed by atoms with Crippen molar-refractivity contribution in [3.05, 3.63) is 0 Å². The van der Waals surface area contributed by atoms with Crippen LogP contribution in [0.1, 0.15) is 19.8 Å². The molecule has 0 radical (unpaired) electrons. The maximum Gasteiger partial charge on any atom is 0.279 e. The molecule has 3 N–H and O–H groups in total. The van der Waals surface area contributed by atoms with Gasteiger partial charge in [-0.2, -0.15) is 17.4 Å². The molecule has 0 aromatic carbocycles. The van der Waals surface area contributed by atoms with E-state index in [1.54, 1.807) is 6.92 Å². The molecular weight excluding hydrogens is 278 g/mol. The van der Waals surface area contributed by atoms with Gasteiger partial charge in [-0.3, -0.25) is 0 Å². The van der Waals surface area contributed by atoms with Crippen molar-refractivity contribution in [3.63, 3.8) is 0 Å². The van der Waals surface area contributed by atoms with Crippen molar-refractivity contribution in [2.75, 3.05) is 31.6 Å². The highest BCUT2D eigenvalue weighted by Gasteiger charge is 2.41. The zero-order chi connectivity index (χ0) is 14.0. The van der Waals surface area contributed by atoms with Crippen molar-refractivity contribution in [1.82, 2.24) is 9.03 Å². The fraction of sp³-hybridized carbons (Fsp3) is 1.00. The molecule has 1 unspecified atom stereocenters. The van der Waals surface area contributed by atoms with E-state index in [1.165, 1.54) is 7.05 Å². The Morgan fingerprint density at radius 2 is 2.06 bits per heavy atom. The molecule has 1 saturated heterocycles. The molecule has 0 aliphatic carbocycles. The Bertz CT molecular complexity index is 488. The molecule has 7 nitrogen and oxygen atoms in total. The average Bonchev–Trinajstić information content (AvgIpc) is 2.48. The zero-order valence-electron chi connectivity index (χ0n) is 10.7. The highest BCUT2D eigenvalue weighted by molar-refractivity contribution is 7.92. The van der Waals surface area contributed by atoms with Crippen molar-refractivity contribution < 1.29 is 16.8 Å². The van der Waals surface area contributed by atoms with E-state index < -0.39 is 25.6 Å². The first-order chi connectivity index (χ1) is 8.10. The van der Waals surface area contributed by atoms with E-state index in [0.29, 0.717) is 25.9 Å². The summed E-state index contributed by atoms with van der Waals surface area (Å²) in [5, 5.41) is 0. The lowest BCUT2D eigenvalue weighted by Crippen LogP contribution is -2.51. The summed E-state index contributed by atoms with van der Waals surface area (Å²) < 4.78 is 50.4. The molecule has 1 fully saturated rings. The third-order valence-electron chi connectivity index (χ3n) is 2.97. The Morgan fingerprint density at radius 1 is 1.44 bits per heavy atom. The summed E-state index contributed by atoms with van der Waals surface area (Å²) in [5.74, 6) is -0.123. The van der Waals surface area contributed by atoms with Gasteiger partial charge in [0.1, 0.15) is 0 Å². The summed E-state index contributed by atoms with van der Waals surface area (Å²) >= 11 is 0. The highest BCUT2D eigenvalue weighted by atomic mass is 32.2. The minimum absolute atomic E-state index is 0.0263. The minimum atomic E-state index is -3.66. The van der Waals surface area contributed by atoms with E-state index in [2.05, 4.69) is 4.72 Å². The predicted octanol–water partition coefficient (Wildman–Crippen LogP) is -1.32. The molecule has 18 heavy (non-hydrogen) atoms. The van der Waals surface area contributed by atoms with E-state index in [0.717, 1.165) is 4.31 Å². The van der Waals surface area contributed by atoms with Crippen LogP contribution in [0.2, 0.25) is 0 Å². The summed E-state index contributed by atoms with van der Waals surface area (Å²) in [4.78, 5) is 0. The van der Waals surface area contributed by atoms with E-state index in [1.807, 2.05) is 0 Å². The van der Waals surface area contributed by atoms with Gasteiger partial charge < -0.3 is 5.73 Å².